The standard InChI is InChI=1S/C18H20FN5OS/c1-5-10(2)20-17(25)16-11(3)21-18(26-16)15-12(4)24(23-22-15)14-8-6-13(19)7-9-14/h6-10H,5H2,1-4H3,(H,20,25). The molecule has 2 aromatic heterocycles. The molecule has 26 heavy (non-hydrogen) atoms. The van der Waals surface area contributed by atoms with Gasteiger partial charge < -0.3 is 5.32 Å². The van der Waals surface area contributed by atoms with Crippen LogP contribution in [0.2, 0.25) is 0 Å². The minimum atomic E-state index is -0.306. The maximum Gasteiger partial charge on any atom is 0.263 e. The van der Waals surface area contributed by atoms with Crippen molar-refractivity contribution in [1.82, 2.24) is 25.3 Å². The fraction of sp³-hybridized carbons (Fsp3) is 0.333. The lowest BCUT2D eigenvalue weighted by atomic mass is 10.2. The van der Waals surface area contributed by atoms with E-state index in [2.05, 4.69) is 20.6 Å². The lowest BCUT2D eigenvalue weighted by molar-refractivity contribution is 0.0942. The van der Waals surface area contributed by atoms with Crippen LogP contribution >= 0.6 is 11.3 Å². The second-order valence-corrected chi connectivity index (χ2v) is 7.13. The van der Waals surface area contributed by atoms with Crippen molar-refractivity contribution in [3.8, 4) is 16.4 Å². The zero-order valence-electron chi connectivity index (χ0n) is 15.1. The van der Waals surface area contributed by atoms with E-state index in [1.54, 1.807) is 16.8 Å². The number of aryl methyl sites for hydroxylation is 1. The van der Waals surface area contributed by atoms with Crippen LogP contribution < -0.4 is 5.32 Å². The number of carbonyl (C=O) groups excluding carboxylic acids is 1. The van der Waals surface area contributed by atoms with E-state index >= 15 is 0 Å². The fourth-order valence-electron chi connectivity index (χ4n) is 2.45. The molecule has 0 aliphatic rings. The summed E-state index contributed by atoms with van der Waals surface area (Å²) in [6.07, 6.45) is 0.863. The van der Waals surface area contributed by atoms with Gasteiger partial charge in [0.25, 0.3) is 5.91 Å². The van der Waals surface area contributed by atoms with Crippen LogP contribution in [0.25, 0.3) is 16.4 Å². The quantitative estimate of drug-likeness (QED) is 0.740. The van der Waals surface area contributed by atoms with Crippen LogP contribution in [0.5, 0.6) is 0 Å². The Kier molecular flexibility index (Phi) is 5.13. The first-order chi connectivity index (χ1) is 12.4. The summed E-state index contributed by atoms with van der Waals surface area (Å²) < 4.78 is 14.7. The molecule has 0 spiro atoms. The van der Waals surface area contributed by atoms with Crippen LogP contribution in [0.4, 0.5) is 4.39 Å². The summed E-state index contributed by atoms with van der Waals surface area (Å²) in [4.78, 5) is 17.5. The lowest BCUT2D eigenvalue weighted by Crippen LogP contribution is -2.31. The number of rotatable bonds is 5. The highest BCUT2D eigenvalue weighted by Crippen LogP contribution is 2.29. The van der Waals surface area contributed by atoms with Gasteiger partial charge in [0, 0.05) is 6.04 Å². The van der Waals surface area contributed by atoms with E-state index in [1.165, 1.54) is 23.5 Å². The third-order valence-corrected chi connectivity index (χ3v) is 5.32. The highest BCUT2D eigenvalue weighted by Gasteiger charge is 2.21. The largest absolute Gasteiger partial charge is 0.349 e. The smallest absolute Gasteiger partial charge is 0.263 e. The molecule has 1 N–H and O–H groups in total. The normalized spacial score (nSPS) is 12.2. The molecular formula is C18H20FN5OS. The number of nitrogens with one attached hydrogen (secondary N) is 1. The molecule has 0 saturated heterocycles. The molecule has 1 aromatic carbocycles. The molecule has 2 heterocycles. The predicted molar refractivity (Wildman–Crippen MR) is 99.1 cm³/mol. The second kappa shape index (κ2) is 7.33. The Morgan fingerprint density at radius 1 is 1.31 bits per heavy atom. The molecule has 3 rings (SSSR count). The number of aromatic nitrogens is 4. The zero-order chi connectivity index (χ0) is 18.8. The maximum atomic E-state index is 13.1. The van der Waals surface area contributed by atoms with Gasteiger partial charge >= 0.3 is 0 Å². The van der Waals surface area contributed by atoms with Gasteiger partial charge in [-0.05, 0) is 51.5 Å². The number of benzene rings is 1. The summed E-state index contributed by atoms with van der Waals surface area (Å²) >= 11 is 1.30. The number of carbonyl (C=O) groups is 1. The number of hydrogen-bond acceptors (Lipinski definition) is 5. The average Bonchev–Trinajstić information content (AvgIpc) is 3.18. The minimum Gasteiger partial charge on any atom is -0.349 e. The number of nitrogens with zero attached hydrogens (tertiary/aromatic N) is 4. The molecule has 1 unspecified atom stereocenters. The highest BCUT2D eigenvalue weighted by molar-refractivity contribution is 7.17. The second-order valence-electron chi connectivity index (χ2n) is 6.13. The van der Waals surface area contributed by atoms with Crippen LogP contribution in [0.1, 0.15) is 41.3 Å². The molecule has 0 fully saturated rings. The van der Waals surface area contributed by atoms with E-state index < -0.39 is 0 Å². The van der Waals surface area contributed by atoms with E-state index in [0.717, 1.165) is 12.1 Å². The Hall–Kier alpha value is -2.61. The van der Waals surface area contributed by atoms with Gasteiger partial charge in [-0.15, -0.1) is 16.4 Å². The number of halogens is 1. The summed E-state index contributed by atoms with van der Waals surface area (Å²) in [6, 6.07) is 6.13. The summed E-state index contributed by atoms with van der Waals surface area (Å²) in [5.74, 6) is -0.427. The first-order valence-corrected chi connectivity index (χ1v) is 9.19. The lowest BCUT2D eigenvalue weighted by Gasteiger charge is -2.09. The number of hydrogen-bond donors (Lipinski definition) is 1. The van der Waals surface area contributed by atoms with E-state index in [9.17, 15) is 9.18 Å². The summed E-state index contributed by atoms with van der Waals surface area (Å²) in [5.41, 5.74) is 2.77. The van der Waals surface area contributed by atoms with Crippen molar-refractivity contribution < 1.29 is 9.18 Å². The van der Waals surface area contributed by atoms with Crippen LogP contribution in [-0.4, -0.2) is 31.9 Å². The van der Waals surface area contributed by atoms with Crippen LogP contribution in [-0.2, 0) is 0 Å². The third kappa shape index (κ3) is 3.50. The van der Waals surface area contributed by atoms with Crippen molar-refractivity contribution in [2.45, 2.75) is 40.2 Å². The summed E-state index contributed by atoms with van der Waals surface area (Å²) in [6.45, 7) is 7.67. The van der Waals surface area contributed by atoms with Gasteiger partial charge in [0.2, 0.25) is 0 Å². The van der Waals surface area contributed by atoms with Crippen molar-refractivity contribution in [3.05, 3.63) is 46.3 Å². The Bertz CT molecular complexity index is 932. The summed E-state index contributed by atoms with van der Waals surface area (Å²) in [7, 11) is 0. The van der Waals surface area contributed by atoms with Crippen LogP contribution in [0.15, 0.2) is 24.3 Å². The van der Waals surface area contributed by atoms with Crippen LogP contribution in [0, 0.1) is 19.7 Å². The Balaban J connectivity index is 1.92. The van der Waals surface area contributed by atoms with Gasteiger partial charge in [0.15, 0.2) is 0 Å². The Morgan fingerprint density at radius 3 is 2.65 bits per heavy atom. The minimum absolute atomic E-state index is 0.105. The van der Waals surface area contributed by atoms with Crippen molar-refractivity contribution in [2.24, 2.45) is 0 Å². The highest BCUT2D eigenvalue weighted by atomic mass is 32.1. The van der Waals surface area contributed by atoms with Crippen molar-refractivity contribution in [3.63, 3.8) is 0 Å². The van der Waals surface area contributed by atoms with Crippen molar-refractivity contribution in [2.75, 3.05) is 0 Å². The number of amides is 1. The fourth-order valence-corrected chi connectivity index (χ4v) is 3.46. The van der Waals surface area contributed by atoms with Gasteiger partial charge in [-0.2, -0.15) is 0 Å². The summed E-state index contributed by atoms with van der Waals surface area (Å²) in [5, 5.41) is 12.0. The molecule has 0 saturated carbocycles. The average molecular weight is 373 g/mol. The van der Waals surface area contributed by atoms with Gasteiger partial charge in [-0.1, -0.05) is 12.1 Å². The van der Waals surface area contributed by atoms with Gasteiger partial charge in [0.05, 0.1) is 17.1 Å². The topological polar surface area (TPSA) is 72.7 Å². The van der Waals surface area contributed by atoms with Gasteiger partial charge in [-0.25, -0.2) is 14.1 Å². The third-order valence-electron chi connectivity index (χ3n) is 4.16. The van der Waals surface area contributed by atoms with Crippen molar-refractivity contribution in [1.29, 1.82) is 0 Å². The molecule has 8 heteroatoms. The van der Waals surface area contributed by atoms with Gasteiger partial charge in [-0.3, -0.25) is 4.79 Å². The molecule has 1 amide bonds. The Labute approximate surface area is 155 Å². The van der Waals surface area contributed by atoms with E-state index in [-0.39, 0.29) is 17.8 Å². The molecule has 136 valence electrons. The first kappa shape index (κ1) is 18.2. The zero-order valence-corrected chi connectivity index (χ0v) is 15.9. The molecule has 3 aromatic rings. The van der Waals surface area contributed by atoms with E-state index in [1.807, 2.05) is 27.7 Å². The van der Waals surface area contributed by atoms with E-state index in [4.69, 9.17) is 0 Å². The van der Waals surface area contributed by atoms with Crippen molar-refractivity contribution >= 4 is 17.2 Å². The molecule has 6 nitrogen and oxygen atoms in total. The maximum absolute atomic E-state index is 13.1. The molecule has 1 atom stereocenters. The molecule has 0 bridgehead atoms. The number of thiazole rings is 1. The molecule has 0 radical (unpaired) electrons. The monoisotopic (exact) mass is 373 g/mol. The van der Waals surface area contributed by atoms with E-state index in [0.29, 0.717) is 27.0 Å². The molecule has 0 aliphatic heterocycles. The molecular weight excluding hydrogens is 353 g/mol. The predicted octanol–water partition coefficient (Wildman–Crippen LogP) is 3.68. The van der Waals surface area contributed by atoms with Gasteiger partial charge in [0.1, 0.15) is 21.4 Å². The molecule has 0 aliphatic carbocycles. The SMILES string of the molecule is CCC(C)NC(=O)c1sc(-c2nnn(-c3ccc(F)cc3)c2C)nc1C. The first-order valence-electron chi connectivity index (χ1n) is 8.37. The Morgan fingerprint density at radius 2 is 2.00 bits per heavy atom. The van der Waals surface area contributed by atoms with Crippen LogP contribution in [0.3, 0.4) is 0 Å².